The lowest BCUT2D eigenvalue weighted by Gasteiger charge is -2.36. The van der Waals surface area contributed by atoms with Crippen LogP contribution in [0.4, 0.5) is 24.0 Å². The Kier molecular flexibility index (Phi) is 9.41. The first-order chi connectivity index (χ1) is 19.1. The number of hydrogen-bond acceptors (Lipinski definition) is 6. The molecule has 3 amide bonds. The van der Waals surface area contributed by atoms with Gasteiger partial charge in [0, 0.05) is 49.4 Å². The van der Waals surface area contributed by atoms with E-state index in [2.05, 4.69) is 10.3 Å². The third-order valence-electron chi connectivity index (χ3n) is 6.44. The van der Waals surface area contributed by atoms with Gasteiger partial charge in [-0.1, -0.05) is 31.2 Å². The third kappa shape index (κ3) is 7.59. The van der Waals surface area contributed by atoms with Gasteiger partial charge in [-0.2, -0.15) is 13.2 Å². The highest BCUT2D eigenvalue weighted by Crippen LogP contribution is 2.32. The van der Waals surface area contributed by atoms with Crippen molar-refractivity contribution in [2.45, 2.75) is 25.9 Å². The van der Waals surface area contributed by atoms with Crippen LogP contribution in [0.15, 0.2) is 60.0 Å². The maximum absolute atomic E-state index is 13.0. The summed E-state index contributed by atoms with van der Waals surface area (Å²) >= 11 is 1.20. The highest BCUT2D eigenvalue weighted by Gasteiger charge is 2.31. The Morgan fingerprint density at radius 2 is 1.75 bits per heavy atom. The van der Waals surface area contributed by atoms with Gasteiger partial charge in [-0.3, -0.25) is 14.4 Å². The van der Waals surface area contributed by atoms with Crippen LogP contribution in [0.3, 0.4) is 0 Å². The molecular formula is C28H30F3N5O3S. The maximum atomic E-state index is 13.0. The van der Waals surface area contributed by atoms with E-state index in [0.717, 1.165) is 12.1 Å². The normalized spacial score (nSPS) is 13.7. The average Bonchev–Trinajstić information content (AvgIpc) is 3.38. The summed E-state index contributed by atoms with van der Waals surface area (Å²) in [5, 5.41) is 4.75. The fourth-order valence-corrected chi connectivity index (χ4v) is 5.15. The van der Waals surface area contributed by atoms with Crippen LogP contribution >= 0.6 is 11.3 Å². The van der Waals surface area contributed by atoms with E-state index in [-0.39, 0.29) is 30.7 Å². The van der Waals surface area contributed by atoms with Crippen molar-refractivity contribution >= 4 is 39.9 Å². The first-order valence-corrected chi connectivity index (χ1v) is 13.8. The second kappa shape index (κ2) is 12.9. The fraction of sp³-hybridized carbons (Fsp3) is 0.357. The van der Waals surface area contributed by atoms with Gasteiger partial charge in [0.25, 0.3) is 5.91 Å². The molecule has 1 aromatic heterocycles. The van der Waals surface area contributed by atoms with E-state index in [0.29, 0.717) is 61.2 Å². The number of piperazine rings is 1. The molecule has 0 saturated carbocycles. The lowest BCUT2D eigenvalue weighted by molar-refractivity contribution is -0.137. The molecule has 2 heterocycles. The number of amides is 3. The van der Waals surface area contributed by atoms with E-state index >= 15 is 0 Å². The number of halogens is 3. The first-order valence-electron chi connectivity index (χ1n) is 12.9. The molecule has 0 unspecified atom stereocenters. The molecule has 40 heavy (non-hydrogen) atoms. The van der Waals surface area contributed by atoms with Crippen LogP contribution < -0.4 is 10.2 Å². The number of alkyl halides is 3. The van der Waals surface area contributed by atoms with E-state index in [1.807, 2.05) is 17.9 Å². The Balaban J connectivity index is 1.27. The predicted molar refractivity (Wildman–Crippen MR) is 147 cm³/mol. The molecule has 0 aliphatic carbocycles. The summed E-state index contributed by atoms with van der Waals surface area (Å²) < 4.78 is 39.1. The highest BCUT2D eigenvalue weighted by molar-refractivity contribution is 7.13. The molecule has 1 aliphatic rings. The monoisotopic (exact) mass is 573 g/mol. The number of thiazole rings is 1. The van der Waals surface area contributed by atoms with Crippen LogP contribution in [0.1, 0.15) is 35.0 Å². The third-order valence-corrected chi connectivity index (χ3v) is 7.24. The maximum Gasteiger partial charge on any atom is 0.416 e. The first kappa shape index (κ1) is 29.1. The summed E-state index contributed by atoms with van der Waals surface area (Å²) in [6, 6.07) is 14.0. The Hall–Kier alpha value is -3.93. The van der Waals surface area contributed by atoms with Gasteiger partial charge in [-0.25, -0.2) is 4.98 Å². The number of carbonyl (C=O) groups is 3. The standard InChI is InChI=1S/C28H30F3N5O3S/c1-2-11-36(26(39)20-7-4-3-5-8-20)18-24(37)33-27-32-22(19-40-27)17-25(38)35-14-12-34(13-15-35)23-10-6-9-21(16-23)28(29,30)31/h3-10,16,19H,2,11-15,17-18H2,1H3,(H,32,33,37). The lowest BCUT2D eigenvalue weighted by atomic mass is 10.1. The number of hydrogen-bond donors (Lipinski definition) is 1. The summed E-state index contributed by atoms with van der Waals surface area (Å²) in [5.41, 5.74) is 0.798. The minimum Gasteiger partial charge on any atom is -0.368 e. The van der Waals surface area contributed by atoms with Crippen LogP contribution in [0.25, 0.3) is 0 Å². The van der Waals surface area contributed by atoms with E-state index < -0.39 is 11.7 Å². The molecule has 1 aliphatic heterocycles. The second-order valence-corrected chi connectivity index (χ2v) is 10.2. The zero-order valence-corrected chi connectivity index (χ0v) is 22.8. The smallest absolute Gasteiger partial charge is 0.368 e. The van der Waals surface area contributed by atoms with Crippen molar-refractivity contribution in [3.05, 3.63) is 76.8 Å². The van der Waals surface area contributed by atoms with Gasteiger partial charge in [0.1, 0.15) is 6.54 Å². The number of carbonyl (C=O) groups excluding carboxylic acids is 3. The Labute approximate surface area is 234 Å². The van der Waals surface area contributed by atoms with Gasteiger partial charge in [0.05, 0.1) is 17.7 Å². The molecular weight excluding hydrogens is 543 g/mol. The van der Waals surface area contributed by atoms with Gasteiger partial charge in [-0.15, -0.1) is 11.3 Å². The van der Waals surface area contributed by atoms with Crippen LogP contribution in [-0.4, -0.2) is 71.8 Å². The zero-order chi connectivity index (χ0) is 28.7. The molecule has 2 aromatic carbocycles. The predicted octanol–water partition coefficient (Wildman–Crippen LogP) is 4.54. The van der Waals surface area contributed by atoms with Crippen molar-refractivity contribution in [2.75, 3.05) is 49.5 Å². The lowest BCUT2D eigenvalue weighted by Crippen LogP contribution is -2.49. The number of nitrogens with zero attached hydrogens (tertiary/aromatic N) is 4. The van der Waals surface area contributed by atoms with Crippen LogP contribution in [-0.2, 0) is 22.2 Å². The highest BCUT2D eigenvalue weighted by atomic mass is 32.1. The Morgan fingerprint density at radius 1 is 1.02 bits per heavy atom. The minimum atomic E-state index is -4.41. The molecule has 0 radical (unpaired) electrons. The van der Waals surface area contributed by atoms with Crippen LogP contribution in [0, 0.1) is 0 Å². The molecule has 1 N–H and O–H groups in total. The van der Waals surface area contributed by atoms with E-state index in [9.17, 15) is 27.6 Å². The molecule has 8 nitrogen and oxygen atoms in total. The zero-order valence-electron chi connectivity index (χ0n) is 22.0. The largest absolute Gasteiger partial charge is 0.416 e. The molecule has 4 rings (SSSR count). The van der Waals surface area contributed by atoms with Crippen molar-refractivity contribution in [3.63, 3.8) is 0 Å². The number of benzene rings is 2. The summed E-state index contributed by atoms with van der Waals surface area (Å²) in [6.07, 6.45) is -3.66. The summed E-state index contributed by atoms with van der Waals surface area (Å²) in [5.74, 6) is -0.749. The van der Waals surface area contributed by atoms with E-state index in [4.69, 9.17) is 0 Å². The number of rotatable bonds is 9. The van der Waals surface area contributed by atoms with Crippen LogP contribution in [0.5, 0.6) is 0 Å². The van der Waals surface area contributed by atoms with Crippen molar-refractivity contribution in [3.8, 4) is 0 Å². The summed E-state index contributed by atoms with van der Waals surface area (Å²) in [4.78, 5) is 47.6. The molecule has 0 bridgehead atoms. The molecule has 0 atom stereocenters. The topological polar surface area (TPSA) is 85.8 Å². The summed E-state index contributed by atoms with van der Waals surface area (Å²) in [7, 11) is 0. The molecule has 1 saturated heterocycles. The van der Waals surface area contributed by atoms with Crippen molar-refractivity contribution in [1.29, 1.82) is 0 Å². The van der Waals surface area contributed by atoms with Gasteiger partial charge in [0.2, 0.25) is 11.8 Å². The van der Waals surface area contributed by atoms with Gasteiger partial charge >= 0.3 is 6.18 Å². The Bertz CT molecular complexity index is 1320. The van der Waals surface area contributed by atoms with Crippen molar-refractivity contribution in [1.82, 2.24) is 14.8 Å². The van der Waals surface area contributed by atoms with Gasteiger partial charge < -0.3 is 20.0 Å². The minimum absolute atomic E-state index is 0.0460. The van der Waals surface area contributed by atoms with Crippen molar-refractivity contribution < 1.29 is 27.6 Å². The molecule has 1 fully saturated rings. The van der Waals surface area contributed by atoms with Gasteiger partial charge in [-0.05, 0) is 36.8 Å². The van der Waals surface area contributed by atoms with Crippen molar-refractivity contribution in [2.24, 2.45) is 0 Å². The average molecular weight is 574 g/mol. The van der Waals surface area contributed by atoms with Crippen LogP contribution in [0.2, 0.25) is 0 Å². The molecule has 12 heteroatoms. The molecule has 0 spiro atoms. The molecule has 212 valence electrons. The second-order valence-electron chi connectivity index (χ2n) is 9.38. The fourth-order valence-electron chi connectivity index (χ4n) is 4.42. The van der Waals surface area contributed by atoms with E-state index in [1.54, 1.807) is 40.6 Å². The van der Waals surface area contributed by atoms with E-state index in [1.165, 1.54) is 22.3 Å². The SMILES string of the molecule is CCCN(CC(=O)Nc1nc(CC(=O)N2CCN(c3cccc(C(F)(F)F)c3)CC2)cs1)C(=O)c1ccccc1. The Morgan fingerprint density at radius 3 is 2.42 bits per heavy atom. The quantitative estimate of drug-likeness (QED) is 0.406. The summed E-state index contributed by atoms with van der Waals surface area (Å²) in [6.45, 7) is 3.84. The molecule has 3 aromatic rings. The number of aromatic nitrogens is 1. The number of anilines is 2. The van der Waals surface area contributed by atoms with Gasteiger partial charge in [0.15, 0.2) is 5.13 Å². The number of nitrogens with one attached hydrogen (secondary N) is 1.